The zero-order chi connectivity index (χ0) is 21.8. The average Bonchev–Trinajstić information content (AvgIpc) is 2.80. The van der Waals surface area contributed by atoms with Gasteiger partial charge < -0.3 is 19.5 Å². The van der Waals surface area contributed by atoms with Crippen LogP contribution >= 0.6 is 0 Å². The van der Waals surface area contributed by atoms with E-state index in [1.54, 1.807) is 26.4 Å². The molecule has 4 rings (SSSR count). The molecule has 0 unspecified atom stereocenters. The number of rotatable bonds is 7. The Hall–Kier alpha value is -3.80. The average molecular weight is 418 g/mol. The monoisotopic (exact) mass is 418 g/mol. The fraction of sp³-hybridized carbons (Fsp3) is 0.160. The van der Waals surface area contributed by atoms with E-state index in [0.29, 0.717) is 29.8 Å². The van der Waals surface area contributed by atoms with Crippen LogP contribution in [0.5, 0.6) is 17.2 Å². The van der Waals surface area contributed by atoms with E-state index in [0.717, 1.165) is 22.6 Å². The molecule has 1 aromatic heterocycles. The van der Waals surface area contributed by atoms with Crippen molar-refractivity contribution in [2.24, 2.45) is 0 Å². The lowest BCUT2D eigenvalue weighted by molar-refractivity contribution is 0.414. The molecule has 0 aliphatic rings. The highest BCUT2D eigenvalue weighted by molar-refractivity contribution is 5.86. The molecule has 5 nitrogen and oxygen atoms in total. The Kier molecular flexibility index (Phi) is 5.89. The number of pyridine rings is 1. The second-order valence-corrected chi connectivity index (χ2v) is 7.21. The second kappa shape index (κ2) is 8.92. The number of hydrogen-bond donors (Lipinski definition) is 1. The van der Waals surface area contributed by atoms with Crippen molar-refractivity contribution in [1.29, 1.82) is 0 Å². The van der Waals surface area contributed by atoms with Gasteiger partial charge in [-0.05, 0) is 53.6 Å². The second-order valence-electron chi connectivity index (χ2n) is 7.21. The molecule has 0 radical (unpaired) electrons. The Balaban J connectivity index is 1.71. The number of anilines is 1. The van der Waals surface area contributed by atoms with Gasteiger partial charge in [-0.1, -0.05) is 24.3 Å². The van der Waals surface area contributed by atoms with Crippen LogP contribution in [0, 0.1) is 5.82 Å². The van der Waals surface area contributed by atoms with Crippen molar-refractivity contribution >= 4 is 16.7 Å². The minimum Gasteiger partial charge on any atom is -0.507 e. The summed E-state index contributed by atoms with van der Waals surface area (Å²) in [5.41, 5.74) is 2.66. The van der Waals surface area contributed by atoms with Gasteiger partial charge in [-0.15, -0.1) is 0 Å². The fourth-order valence-corrected chi connectivity index (χ4v) is 3.45. The zero-order valence-electron chi connectivity index (χ0n) is 17.4. The summed E-state index contributed by atoms with van der Waals surface area (Å²) in [6.45, 7) is 1.13. The summed E-state index contributed by atoms with van der Waals surface area (Å²) in [7, 11) is 3.27. The van der Waals surface area contributed by atoms with Gasteiger partial charge in [0.1, 0.15) is 28.9 Å². The quantitative estimate of drug-likeness (QED) is 0.441. The van der Waals surface area contributed by atoms with Crippen LogP contribution in [0.15, 0.2) is 72.8 Å². The Morgan fingerprint density at radius 1 is 0.806 bits per heavy atom. The number of ether oxygens (including phenoxy) is 2. The Morgan fingerprint density at radius 2 is 1.35 bits per heavy atom. The number of hydrogen-bond acceptors (Lipinski definition) is 5. The van der Waals surface area contributed by atoms with Crippen molar-refractivity contribution in [3.05, 3.63) is 89.7 Å². The van der Waals surface area contributed by atoms with Crippen LogP contribution in [0.1, 0.15) is 11.1 Å². The molecule has 0 spiro atoms. The molecule has 0 saturated carbocycles. The molecule has 0 saturated heterocycles. The van der Waals surface area contributed by atoms with E-state index in [4.69, 9.17) is 9.47 Å². The maximum atomic E-state index is 13.6. The third kappa shape index (κ3) is 4.69. The molecule has 0 bridgehead atoms. The molecular formula is C25H23FN2O3. The van der Waals surface area contributed by atoms with Gasteiger partial charge in [0.05, 0.1) is 19.7 Å². The molecule has 158 valence electrons. The number of fused-ring (bicyclic) bond motifs is 1. The van der Waals surface area contributed by atoms with Crippen molar-refractivity contribution in [3.63, 3.8) is 0 Å². The third-order valence-electron chi connectivity index (χ3n) is 5.12. The van der Waals surface area contributed by atoms with Crippen molar-refractivity contribution < 1.29 is 19.0 Å². The van der Waals surface area contributed by atoms with Gasteiger partial charge in [-0.3, -0.25) is 0 Å². The molecule has 0 amide bonds. The molecule has 1 heterocycles. The number of aromatic hydroxyl groups is 1. The SMILES string of the molecule is COc1ccc(CN(Cc2ccc(OC)cc2)c2cc(O)c3cc(F)ccc3n2)cc1. The van der Waals surface area contributed by atoms with Crippen molar-refractivity contribution in [2.45, 2.75) is 13.1 Å². The van der Waals surface area contributed by atoms with Gasteiger partial charge in [-0.2, -0.15) is 0 Å². The van der Waals surface area contributed by atoms with Crippen LogP contribution < -0.4 is 14.4 Å². The normalized spacial score (nSPS) is 10.8. The molecule has 6 heteroatoms. The van der Waals surface area contributed by atoms with Crippen LogP contribution in [-0.4, -0.2) is 24.3 Å². The van der Waals surface area contributed by atoms with E-state index in [9.17, 15) is 9.50 Å². The largest absolute Gasteiger partial charge is 0.507 e. The maximum Gasteiger partial charge on any atom is 0.133 e. The molecular weight excluding hydrogens is 395 g/mol. The predicted octanol–water partition coefficient (Wildman–Crippen LogP) is 5.30. The van der Waals surface area contributed by atoms with Crippen LogP contribution in [0.3, 0.4) is 0 Å². The van der Waals surface area contributed by atoms with Crippen LogP contribution in [0.25, 0.3) is 10.9 Å². The summed E-state index contributed by atoms with van der Waals surface area (Å²) in [4.78, 5) is 6.75. The summed E-state index contributed by atoms with van der Waals surface area (Å²) < 4.78 is 24.1. The standard InChI is InChI=1S/C25H23FN2O3/c1-30-20-8-3-17(4-9-20)15-28(16-18-5-10-21(31-2)11-6-18)25-14-24(29)22-13-19(26)7-12-23(22)27-25/h3-14H,15-16H2,1-2H3,(H,27,29). The van der Waals surface area contributed by atoms with Gasteiger partial charge in [0.2, 0.25) is 0 Å². The zero-order valence-corrected chi connectivity index (χ0v) is 17.4. The molecule has 0 fully saturated rings. The first kappa shape index (κ1) is 20.5. The van der Waals surface area contributed by atoms with Crippen molar-refractivity contribution in [1.82, 2.24) is 4.98 Å². The Bertz CT molecular complexity index is 1130. The highest BCUT2D eigenvalue weighted by Crippen LogP contribution is 2.30. The smallest absolute Gasteiger partial charge is 0.133 e. The van der Waals surface area contributed by atoms with Gasteiger partial charge in [0, 0.05) is 24.5 Å². The van der Waals surface area contributed by atoms with E-state index in [-0.39, 0.29) is 5.75 Å². The Morgan fingerprint density at radius 3 is 1.87 bits per heavy atom. The minimum atomic E-state index is -0.411. The topological polar surface area (TPSA) is 54.8 Å². The van der Waals surface area contributed by atoms with E-state index in [1.165, 1.54) is 12.1 Å². The number of methoxy groups -OCH3 is 2. The van der Waals surface area contributed by atoms with Crippen molar-refractivity contribution in [2.75, 3.05) is 19.1 Å². The number of aromatic nitrogens is 1. The first-order valence-electron chi connectivity index (χ1n) is 9.86. The highest BCUT2D eigenvalue weighted by Gasteiger charge is 2.14. The molecule has 3 aromatic carbocycles. The minimum absolute atomic E-state index is 0.00559. The first-order valence-corrected chi connectivity index (χ1v) is 9.86. The summed E-state index contributed by atoms with van der Waals surface area (Å²) >= 11 is 0. The highest BCUT2D eigenvalue weighted by atomic mass is 19.1. The van der Waals surface area contributed by atoms with Crippen LogP contribution in [0.2, 0.25) is 0 Å². The lowest BCUT2D eigenvalue weighted by Crippen LogP contribution is -2.23. The molecule has 1 N–H and O–H groups in total. The molecule has 31 heavy (non-hydrogen) atoms. The van der Waals surface area contributed by atoms with Gasteiger partial charge in [-0.25, -0.2) is 9.37 Å². The molecule has 0 aliphatic carbocycles. The van der Waals surface area contributed by atoms with Gasteiger partial charge in [0.25, 0.3) is 0 Å². The number of nitrogens with zero attached hydrogens (tertiary/aromatic N) is 2. The summed E-state index contributed by atoms with van der Waals surface area (Å²) in [6, 6.07) is 21.4. The summed E-state index contributed by atoms with van der Waals surface area (Å²) in [5.74, 6) is 1.76. The van der Waals surface area contributed by atoms with E-state index in [2.05, 4.69) is 9.88 Å². The van der Waals surface area contributed by atoms with E-state index < -0.39 is 5.82 Å². The lowest BCUT2D eigenvalue weighted by atomic mass is 10.1. The number of benzene rings is 3. The molecule has 0 aliphatic heterocycles. The van der Waals surface area contributed by atoms with Gasteiger partial charge in [0.15, 0.2) is 0 Å². The van der Waals surface area contributed by atoms with E-state index >= 15 is 0 Å². The predicted molar refractivity (Wildman–Crippen MR) is 119 cm³/mol. The third-order valence-corrected chi connectivity index (χ3v) is 5.12. The summed E-state index contributed by atoms with van der Waals surface area (Å²) in [5, 5.41) is 10.9. The summed E-state index contributed by atoms with van der Waals surface area (Å²) in [6.07, 6.45) is 0. The first-order chi connectivity index (χ1) is 15.1. The van der Waals surface area contributed by atoms with Crippen LogP contribution in [0.4, 0.5) is 10.2 Å². The van der Waals surface area contributed by atoms with Crippen molar-refractivity contribution in [3.8, 4) is 17.2 Å². The maximum absolute atomic E-state index is 13.6. The fourth-order valence-electron chi connectivity index (χ4n) is 3.45. The Labute approximate surface area is 180 Å². The number of halogens is 1. The molecule has 0 atom stereocenters. The van der Waals surface area contributed by atoms with Crippen LogP contribution in [-0.2, 0) is 13.1 Å². The van der Waals surface area contributed by atoms with E-state index in [1.807, 2.05) is 48.5 Å². The molecule has 4 aromatic rings. The van der Waals surface area contributed by atoms with Gasteiger partial charge >= 0.3 is 0 Å². The lowest BCUT2D eigenvalue weighted by Gasteiger charge is -2.25.